The number of hydrogen-bond donors (Lipinski definition) is 1. The Balaban J connectivity index is 1.59. The molecule has 0 aliphatic heterocycles. The van der Waals surface area contributed by atoms with E-state index in [0.29, 0.717) is 19.7 Å². The minimum Gasteiger partial charge on any atom is -0.492 e. The lowest BCUT2D eigenvalue weighted by molar-refractivity contribution is -0.129. The minimum absolute atomic E-state index is 0.123. The summed E-state index contributed by atoms with van der Waals surface area (Å²) in [5, 5.41) is 3.21. The number of hydrogen-bond acceptors (Lipinski definition) is 3. The van der Waals surface area contributed by atoms with Gasteiger partial charge in [-0.2, -0.15) is 0 Å². The molecule has 4 heteroatoms. The molecule has 0 atom stereocenters. The van der Waals surface area contributed by atoms with Crippen molar-refractivity contribution in [3.8, 4) is 5.75 Å². The van der Waals surface area contributed by atoms with Gasteiger partial charge in [0.1, 0.15) is 12.4 Å². The van der Waals surface area contributed by atoms with E-state index in [1.165, 1.54) is 18.4 Å². The van der Waals surface area contributed by atoms with Crippen molar-refractivity contribution in [3.63, 3.8) is 0 Å². The number of nitrogens with zero attached hydrogens (tertiary/aromatic N) is 1. The summed E-state index contributed by atoms with van der Waals surface area (Å²) < 4.78 is 5.62. The maximum absolute atomic E-state index is 11.8. The topological polar surface area (TPSA) is 41.6 Å². The zero-order valence-corrected chi connectivity index (χ0v) is 12.4. The van der Waals surface area contributed by atoms with E-state index in [1.54, 1.807) is 4.90 Å². The Bertz CT molecular complexity index is 427. The van der Waals surface area contributed by atoms with Gasteiger partial charge in [0, 0.05) is 7.05 Å². The van der Waals surface area contributed by atoms with Crippen LogP contribution in [0.1, 0.15) is 18.4 Å². The summed E-state index contributed by atoms with van der Waals surface area (Å²) >= 11 is 0. The highest BCUT2D eigenvalue weighted by Crippen LogP contribution is 2.27. The summed E-state index contributed by atoms with van der Waals surface area (Å²) in [6, 6.07) is 7.95. The first-order chi connectivity index (χ1) is 9.65. The summed E-state index contributed by atoms with van der Waals surface area (Å²) in [7, 11) is 1.82. The molecule has 1 aliphatic carbocycles. The predicted octanol–water partition coefficient (Wildman–Crippen LogP) is 1.83. The van der Waals surface area contributed by atoms with Crippen molar-refractivity contribution >= 4 is 5.91 Å². The molecule has 0 unspecified atom stereocenters. The first-order valence-electron chi connectivity index (χ1n) is 7.29. The molecule has 2 rings (SSSR count). The van der Waals surface area contributed by atoms with Crippen molar-refractivity contribution in [3.05, 3.63) is 29.8 Å². The number of benzene rings is 1. The zero-order valence-electron chi connectivity index (χ0n) is 12.4. The van der Waals surface area contributed by atoms with Crippen LogP contribution < -0.4 is 10.1 Å². The van der Waals surface area contributed by atoms with E-state index >= 15 is 0 Å². The van der Waals surface area contributed by atoms with E-state index in [4.69, 9.17) is 4.74 Å². The fraction of sp³-hybridized carbons (Fsp3) is 0.562. The molecule has 0 heterocycles. The molecule has 1 aromatic rings. The molecule has 1 fully saturated rings. The third kappa shape index (κ3) is 5.21. The lowest BCUT2D eigenvalue weighted by atomic mass is 10.2. The highest BCUT2D eigenvalue weighted by atomic mass is 16.5. The number of nitrogens with one attached hydrogen (secondary N) is 1. The quantitative estimate of drug-likeness (QED) is 0.787. The average Bonchev–Trinajstić information content (AvgIpc) is 3.25. The summed E-state index contributed by atoms with van der Waals surface area (Å²) in [5.41, 5.74) is 1.21. The van der Waals surface area contributed by atoms with Crippen molar-refractivity contribution in [1.82, 2.24) is 10.2 Å². The van der Waals surface area contributed by atoms with Gasteiger partial charge in [-0.15, -0.1) is 0 Å². The number of aryl methyl sites for hydroxylation is 1. The SMILES string of the molecule is Cc1ccc(OCCN(C)C(=O)CNCC2CC2)cc1. The number of amides is 1. The number of carbonyl (C=O) groups is 1. The van der Waals surface area contributed by atoms with Crippen LogP contribution in [-0.2, 0) is 4.79 Å². The van der Waals surface area contributed by atoms with E-state index in [1.807, 2.05) is 38.2 Å². The summed E-state index contributed by atoms with van der Waals surface area (Å²) in [6.07, 6.45) is 2.61. The van der Waals surface area contributed by atoms with Crippen LogP contribution in [0.3, 0.4) is 0 Å². The van der Waals surface area contributed by atoms with Crippen LogP contribution in [-0.4, -0.2) is 44.1 Å². The van der Waals surface area contributed by atoms with Crippen LogP contribution in [0, 0.1) is 12.8 Å². The second-order valence-corrected chi connectivity index (χ2v) is 5.55. The van der Waals surface area contributed by atoms with Gasteiger partial charge in [-0.05, 0) is 44.4 Å². The smallest absolute Gasteiger partial charge is 0.236 e. The Hall–Kier alpha value is -1.55. The number of ether oxygens (including phenoxy) is 1. The third-order valence-corrected chi connectivity index (χ3v) is 3.55. The Kier molecular flexibility index (Phi) is 5.41. The van der Waals surface area contributed by atoms with Gasteiger partial charge in [0.2, 0.25) is 5.91 Å². The first kappa shape index (κ1) is 14.9. The molecule has 1 N–H and O–H groups in total. The molecular formula is C16H24N2O2. The van der Waals surface area contributed by atoms with Crippen molar-refractivity contribution in [1.29, 1.82) is 0 Å². The molecule has 0 bridgehead atoms. The molecular weight excluding hydrogens is 252 g/mol. The number of likely N-dealkylation sites (N-methyl/N-ethyl adjacent to an activating group) is 1. The minimum atomic E-state index is 0.123. The van der Waals surface area contributed by atoms with Crippen LogP contribution in [0.15, 0.2) is 24.3 Å². The predicted molar refractivity (Wildman–Crippen MR) is 79.9 cm³/mol. The van der Waals surface area contributed by atoms with Gasteiger partial charge in [-0.3, -0.25) is 4.79 Å². The van der Waals surface area contributed by atoms with Gasteiger partial charge >= 0.3 is 0 Å². The van der Waals surface area contributed by atoms with Gasteiger partial charge in [-0.1, -0.05) is 17.7 Å². The molecule has 1 saturated carbocycles. The Morgan fingerprint density at radius 2 is 2.05 bits per heavy atom. The largest absolute Gasteiger partial charge is 0.492 e. The maximum atomic E-state index is 11.8. The van der Waals surface area contributed by atoms with Gasteiger partial charge in [-0.25, -0.2) is 0 Å². The van der Waals surface area contributed by atoms with Crippen LogP contribution in [0.5, 0.6) is 5.75 Å². The molecule has 0 saturated heterocycles. The lowest BCUT2D eigenvalue weighted by Crippen LogP contribution is -2.38. The van der Waals surface area contributed by atoms with Crippen molar-refractivity contribution in [2.75, 3.05) is 33.3 Å². The highest BCUT2D eigenvalue weighted by molar-refractivity contribution is 5.77. The van der Waals surface area contributed by atoms with Gasteiger partial charge < -0.3 is 15.0 Å². The fourth-order valence-corrected chi connectivity index (χ4v) is 1.90. The molecule has 110 valence electrons. The molecule has 1 amide bonds. The van der Waals surface area contributed by atoms with Gasteiger partial charge in [0.05, 0.1) is 13.1 Å². The molecule has 0 radical (unpaired) electrons. The van der Waals surface area contributed by atoms with Gasteiger partial charge in [0.25, 0.3) is 0 Å². The highest BCUT2D eigenvalue weighted by Gasteiger charge is 2.20. The lowest BCUT2D eigenvalue weighted by Gasteiger charge is -2.18. The Labute approximate surface area is 121 Å². The Morgan fingerprint density at radius 1 is 1.35 bits per heavy atom. The van der Waals surface area contributed by atoms with E-state index < -0.39 is 0 Å². The summed E-state index contributed by atoms with van der Waals surface area (Å²) in [6.45, 7) is 4.58. The molecule has 0 aromatic heterocycles. The molecule has 20 heavy (non-hydrogen) atoms. The average molecular weight is 276 g/mol. The van der Waals surface area contributed by atoms with Gasteiger partial charge in [0.15, 0.2) is 0 Å². The fourth-order valence-electron chi connectivity index (χ4n) is 1.90. The third-order valence-electron chi connectivity index (χ3n) is 3.55. The number of carbonyl (C=O) groups excluding carboxylic acids is 1. The number of rotatable bonds is 8. The van der Waals surface area contributed by atoms with Crippen LogP contribution in [0.4, 0.5) is 0 Å². The van der Waals surface area contributed by atoms with Crippen molar-refractivity contribution in [2.45, 2.75) is 19.8 Å². The van der Waals surface area contributed by atoms with E-state index in [-0.39, 0.29) is 5.91 Å². The molecule has 1 aromatic carbocycles. The van der Waals surface area contributed by atoms with E-state index in [2.05, 4.69) is 5.32 Å². The van der Waals surface area contributed by atoms with E-state index in [0.717, 1.165) is 18.2 Å². The van der Waals surface area contributed by atoms with Crippen LogP contribution in [0.2, 0.25) is 0 Å². The normalized spacial score (nSPS) is 14.1. The molecule has 1 aliphatic rings. The second kappa shape index (κ2) is 7.29. The van der Waals surface area contributed by atoms with Crippen molar-refractivity contribution in [2.24, 2.45) is 5.92 Å². The first-order valence-corrected chi connectivity index (χ1v) is 7.29. The molecule has 4 nitrogen and oxygen atoms in total. The maximum Gasteiger partial charge on any atom is 0.236 e. The second-order valence-electron chi connectivity index (χ2n) is 5.55. The summed E-state index contributed by atoms with van der Waals surface area (Å²) in [4.78, 5) is 13.6. The van der Waals surface area contributed by atoms with Crippen molar-refractivity contribution < 1.29 is 9.53 Å². The van der Waals surface area contributed by atoms with Crippen LogP contribution in [0.25, 0.3) is 0 Å². The monoisotopic (exact) mass is 276 g/mol. The molecule has 0 spiro atoms. The zero-order chi connectivity index (χ0) is 14.4. The standard InChI is InChI=1S/C16H24N2O2/c1-13-3-7-15(8-4-13)20-10-9-18(2)16(19)12-17-11-14-5-6-14/h3-4,7-8,14,17H,5-6,9-12H2,1-2H3. The van der Waals surface area contributed by atoms with E-state index in [9.17, 15) is 4.79 Å². The van der Waals surface area contributed by atoms with Crippen LogP contribution >= 0.6 is 0 Å². The summed E-state index contributed by atoms with van der Waals surface area (Å²) in [5.74, 6) is 1.78. The Morgan fingerprint density at radius 3 is 2.70 bits per heavy atom.